The molecule has 0 atom stereocenters. The van der Waals surface area contributed by atoms with Crippen molar-refractivity contribution in [1.82, 2.24) is 0 Å². The molecule has 0 aliphatic carbocycles. The molecule has 0 radical (unpaired) electrons. The predicted octanol–water partition coefficient (Wildman–Crippen LogP) is 2.65. The molecule has 2 aromatic rings. The van der Waals surface area contributed by atoms with Gasteiger partial charge in [-0.2, -0.15) is 0 Å². The number of carbonyl (C=O) groups excluding carboxylic acids is 2. The zero-order valence-electron chi connectivity index (χ0n) is 12.2. The third kappa shape index (κ3) is 4.03. The van der Waals surface area contributed by atoms with E-state index in [0.29, 0.717) is 22.5 Å². The van der Waals surface area contributed by atoms with Crippen LogP contribution in [0.15, 0.2) is 42.5 Å². The second-order valence-electron chi connectivity index (χ2n) is 4.78. The Morgan fingerprint density at radius 2 is 1.74 bits per heavy atom. The third-order valence-corrected chi connectivity index (χ3v) is 3.04. The second-order valence-corrected chi connectivity index (χ2v) is 4.78. The van der Waals surface area contributed by atoms with Crippen LogP contribution >= 0.6 is 0 Å². The molecular formula is C15H14N4O4. The Kier molecular flexibility index (Phi) is 4.55. The molecule has 0 saturated carbocycles. The quantitative estimate of drug-likeness (QED) is 0.592. The fourth-order valence-electron chi connectivity index (χ4n) is 2.02. The summed E-state index contributed by atoms with van der Waals surface area (Å²) in [5.74, 6) is -0.417. The van der Waals surface area contributed by atoms with Crippen molar-refractivity contribution < 1.29 is 14.5 Å². The molecule has 2 aromatic carbocycles. The zero-order chi connectivity index (χ0) is 17.0. The minimum absolute atomic E-state index is 0.0470. The van der Waals surface area contributed by atoms with E-state index in [1.54, 1.807) is 31.2 Å². The minimum atomic E-state index is -0.709. The summed E-state index contributed by atoms with van der Waals surface area (Å²) in [6.45, 7) is 1.56. The molecule has 8 nitrogen and oxygen atoms in total. The zero-order valence-corrected chi connectivity index (χ0v) is 12.2. The summed E-state index contributed by atoms with van der Waals surface area (Å²) in [5.41, 5.74) is 6.57. The summed E-state index contributed by atoms with van der Waals surface area (Å²) in [5, 5.41) is 15.8. The highest BCUT2D eigenvalue weighted by Gasteiger charge is 2.14. The number of urea groups is 1. The monoisotopic (exact) mass is 314 g/mol. The van der Waals surface area contributed by atoms with Crippen LogP contribution in [-0.4, -0.2) is 16.9 Å². The highest BCUT2D eigenvalue weighted by atomic mass is 16.6. The van der Waals surface area contributed by atoms with Crippen molar-refractivity contribution in [3.8, 4) is 0 Å². The lowest BCUT2D eigenvalue weighted by molar-refractivity contribution is -0.385. The number of aryl methyl sites for hydroxylation is 1. The molecule has 4 N–H and O–H groups in total. The number of nitrogens with zero attached hydrogens (tertiary/aromatic N) is 1. The normalized spacial score (nSPS) is 9.96. The lowest BCUT2D eigenvalue weighted by atomic mass is 10.1. The van der Waals surface area contributed by atoms with Crippen LogP contribution in [0.4, 0.5) is 21.9 Å². The van der Waals surface area contributed by atoms with E-state index in [4.69, 9.17) is 5.73 Å². The number of anilines is 2. The van der Waals surface area contributed by atoms with E-state index in [9.17, 15) is 19.7 Å². The van der Waals surface area contributed by atoms with E-state index >= 15 is 0 Å². The number of carbonyl (C=O) groups is 2. The molecule has 0 spiro atoms. The van der Waals surface area contributed by atoms with Crippen LogP contribution in [0.1, 0.15) is 15.9 Å². The van der Waals surface area contributed by atoms with Crippen LogP contribution in [0.25, 0.3) is 0 Å². The molecule has 0 aliphatic heterocycles. The molecule has 23 heavy (non-hydrogen) atoms. The number of rotatable bonds is 4. The van der Waals surface area contributed by atoms with Crippen molar-refractivity contribution in [1.29, 1.82) is 0 Å². The van der Waals surface area contributed by atoms with Crippen molar-refractivity contribution in [2.75, 3.05) is 10.6 Å². The van der Waals surface area contributed by atoms with Crippen LogP contribution in [0.2, 0.25) is 0 Å². The van der Waals surface area contributed by atoms with Gasteiger partial charge in [0.2, 0.25) is 0 Å². The molecule has 2 rings (SSSR count). The first kappa shape index (κ1) is 16.0. The molecule has 0 bridgehead atoms. The minimum Gasteiger partial charge on any atom is -0.351 e. The number of nitro groups is 1. The van der Waals surface area contributed by atoms with Gasteiger partial charge in [0.05, 0.1) is 4.92 Å². The third-order valence-electron chi connectivity index (χ3n) is 3.04. The summed E-state index contributed by atoms with van der Waals surface area (Å²) in [4.78, 5) is 33.3. The van der Waals surface area contributed by atoms with Crippen molar-refractivity contribution in [3.05, 3.63) is 63.7 Å². The van der Waals surface area contributed by atoms with Crippen LogP contribution in [0, 0.1) is 17.0 Å². The molecular weight excluding hydrogens is 300 g/mol. The highest BCUT2D eigenvalue weighted by molar-refractivity contribution is 6.05. The molecule has 0 unspecified atom stereocenters. The van der Waals surface area contributed by atoms with Gasteiger partial charge < -0.3 is 16.4 Å². The van der Waals surface area contributed by atoms with Gasteiger partial charge in [0.1, 0.15) is 0 Å². The standard InChI is InChI=1S/C15H14N4O4/c1-9-7-10(5-6-13(9)19(22)23)14(20)17-11-3-2-4-12(8-11)18-15(16)21/h2-8H,1H3,(H,17,20)(H3,16,18,21). The number of amides is 3. The van der Waals surface area contributed by atoms with Gasteiger partial charge in [-0.05, 0) is 37.3 Å². The van der Waals surface area contributed by atoms with Gasteiger partial charge in [-0.25, -0.2) is 4.79 Å². The van der Waals surface area contributed by atoms with Gasteiger partial charge in [-0.3, -0.25) is 14.9 Å². The summed E-state index contributed by atoms with van der Waals surface area (Å²) in [6, 6.07) is 9.85. The lowest BCUT2D eigenvalue weighted by Crippen LogP contribution is -2.19. The maximum atomic E-state index is 12.2. The highest BCUT2D eigenvalue weighted by Crippen LogP contribution is 2.20. The fourth-order valence-corrected chi connectivity index (χ4v) is 2.02. The van der Waals surface area contributed by atoms with E-state index in [0.717, 1.165) is 0 Å². The molecule has 3 amide bonds. The Morgan fingerprint density at radius 1 is 1.09 bits per heavy atom. The first-order valence-electron chi connectivity index (χ1n) is 6.60. The number of benzene rings is 2. The molecule has 0 aliphatic rings. The summed E-state index contributed by atoms with van der Waals surface area (Å²) >= 11 is 0. The molecule has 0 aromatic heterocycles. The first-order chi connectivity index (χ1) is 10.9. The van der Waals surface area contributed by atoms with Crippen LogP contribution in [0.5, 0.6) is 0 Å². The van der Waals surface area contributed by atoms with E-state index < -0.39 is 16.9 Å². The van der Waals surface area contributed by atoms with Gasteiger partial charge in [0.15, 0.2) is 0 Å². The number of nitro benzene ring substituents is 1. The maximum absolute atomic E-state index is 12.2. The molecule has 8 heteroatoms. The van der Waals surface area contributed by atoms with E-state index in [-0.39, 0.29) is 5.69 Å². The Balaban J connectivity index is 2.17. The van der Waals surface area contributed by atoms with Gasteiger partial charge >= 0.3 is 6.03 Å². The Morgan fingerprint density at radius 3 is 2.30 bits per heavy atom. The molecule has 0 heterocycles. The largest absolute Gasteiger partial charge is 0.351 e. The number of nitrogens with two attached hydrogens (primary N) is 1. The van der Waals surface area contributed by atoms with Crippen molar-refractivity contribution in [2.24, 2.45) is 5.73 Å². The van der Waals surface area contributed by atoms with Gasteiger partial charge in [0, 0.05) is 28.6 Å². The first-order valence-corrected chi connectivity index (χ1v) is 6.60. The molecule has 0 saturated heterocycles. The van der Waals surface area contributed by atoms with Crippen LogP contribution < -0.4 is 16.4 Å². The van der Waals surface area contributed by atoms with Gasteiger partial charge in [0.25, 0.3) is 11.6 Å². The molecule has 118 valence electrons. The number of hydrogen-bond donors (Lipinski definition) is 3. The summed E-state index contributed by atoms with van der Waals surface area (Å²) in [6.07, 6.45) is 0. The fraction of sp³-hybridized carbons (Fsp3) is 0.0667. The van der Waals surface area contributed by atoms with Crippen LogP contribution in [0.3, 0.4) is 0 Å². The van der Waals surface area contributed by atoms with Gasteiger partial charge in [-0.15, -0.1) is 0 Å². The Hall–Kier alpha value is -3.42. The number of nitrogens with one attached hydrogen (secondary N) is 2. The van der Waals surface area contributed by atoms with E-state index in [1.165, 1.54) is 18.2 Å². The Labute approximate surface area is 131 Å². The topological polar surface area (TPSA) is 127 Å². The van der Waals surface area contributed by atoms with E-state index in [1.807, 2.05) is 0 Å². The van der Waals surface area contributed by atoms with Crippen LogP contribution in [-0.2, 0) is 0 Å². The number of primary amides is 1. The Bertz CT molecular complexity index is 789. The van der Waals surface area contributed by atoms with E-state index in [2.05, 4.69) is 10.6 Å². The van der Waals surface area contributed by atoms with Crippen molar-refractivity contribution in [2.45, 2.75) is 6.92 Å². The summed E-state index contributed by atoms with van der Waals surface area (Å²) < 4.78 is 0. The predicted molar refractivity (Wildman–Crippen MR) is 85.4 cm³/mol. The van der Waals surface area contributed by atoms with Gasteiger partial charge in [-0.1, -0.05) is 6.07 Å². The average Bonchev–Trinajstić information content (AvgIpc) is 2.46. The van der Waals surface area contributed by atoms with Crippen molar-refractivity contribution >= 4 is 29.0 Å². The maximum Gasteiger partial charge on any atom is 0.316 e. The average molecular weight is 314 g/mol. The number of hydrogen-bond acceptors (Lipinski definition) is 4. The SMILES string of the molecule is Cc1cc(C(=O)Nc2cccc(NC(N)=O)c2)ccc1[N+](=O)[O-]. The second kappa shape index (κ2) is 6.56. The van der Waals surface area contributed by atoms with Crippen molar-refractivity contribution in [3.63, 3.8) is 0 Å². The smallest absolute Gasteiger partial charge is 0.316 e. The lowest BCUT2D eigenvalue weighted by Gasteiger charge is -2.08. The molecule has 0 fully saturated rings. The summed E-state index contributed by atoms with van der Waals surface area (Å²) in [7, 11) is 0.